The van der Waals surface area contributed by atoms with E-state index in [1.807, 2.05) is 34.9 Å². The highest BCUT2D eigenvalue weighted by molar-refractivity contribution is 7.99. The molecule has 1 aliphatic rings. The second kappa shape index (κ2) is 8.65. The summed E-state index contributed by atoms with van der Waals surface area (Å²) in [6.07, 6.45) is 0. The SMILES string of the molecule is Fc1ccc(-n2c(SCCN3CCOCC3)nnc2-c2ccccc2)cc1. The fourth-order valence-corrected chi connectivity index (χ4v) is 4.00. The predicted molar refractivity (Wildman–Crippen MR) is 105 cm³/mol. The lowest BCUT2D eigenvalue weighted by Crippen LogP contribution is -2.37. The Kier molecular flexibility index (Phi) is 5.81. The van der Waals surface area contributed by atoms with Gasteiger partial charge in [-0.25, -0.2) is 4.39 Å². The summed E-state index contributed by atoms with van der Waals surface area (Å²) in [5.41, 5.74) is 1.84. The molecule has 1 aromatic heterocycles. The number of hydrogen-bond donors (Lipinski definition) is 0. The number of morpholine rings is 1. The number of rotatable bonds is 6. The molecule has 5 nitrogen and oxygen atoms in total. The van der Waals surface area contributed by atoms with Crippen molar-refractivity contribution in [2.45, 2.75) is 5.16 Å². The van der Waals surface area contributed by atoms with Gasteiger partial charge in [0, 0.05) is 36.6 Å². The standard InChI is InChI=1S/C20H21FN4OS/c21-17-6-8-18(9-7-17)25-19(16-4-2-1-3-5-16)22-23-20(25)27-15-12-24-10-13-26-14-11-24/h1-9H,10-15H2. The Labute approximate surface area is 162 Å². The third-order valence-corrected chi connectivity index (χ3v) is 5.40. The van der Waals surface area contributed by atoms with E-state index < -0.39 is 0 Å². The van der Waals surface area contributed by atoms with E-state index in [4.69, 9.17) is 4.74 Å². The third kappa shape index (κ3) is 4.37. The number of aromatic nitrogens is 3. The van der Waals surface area contributed by atoms with Gasteiger partial charge in [-0.05, 0) is 24.3 Å². The van der Waals surface area contributed by atoms with E-state index in [0.29, 0.717) is 0 Å². The smallest absolute Gasteiger partial charge is 0.196 e. The summed E-state index contributed by atoms with van der Waals surface area (Å²) in [5, 5.41) is 9.64. The van der Waals surface area contributed by atoms with Crippen LogP contribution in [0.25, 0.3) is 17.1 Å². The maximum atomic E-state index is 13.4. The Balaban J connectivity index is 1.59. The predicted octanol–water partition coefficient (Wildman–Crippen LogP) is 3.50. The minimum Gasteiger partial charge on any atom is -0.379 e. The monoisotopic (exact) mass is 384 g/mol. The van der Waals surface area contributed by atoms with Gasteiger partial charge in [0.15, 0.2) is 11.0 Å². The zero-order valence-electron chi connectivity index (χ0n) is 14.9. The fraction of sp³-hybridized carbons (Fsp3) is 0.300. The number of hydrogen-bond acceptors (Lipinski definition) is 5. The molecule has 2 aromatic carbocycles. The number of halogens is 1. The van der Waals surface area contributed by atoms with Crippen LogP contribution >= 0.6 is 11.8 Å². The highest BCUT2D eigenvalue weighted by Gasteiger charge is 2.17. The summed E-state index contributed by atoms with van der Waals surface area (Å²) in [6, 6.07) is 16.4. The molecular formula is C20H21FN4OS. The number of ether oxygens (including phenoxy) is 1. The van der Waals surface area contributed by atoms with Crippen molar-refractivity contribution < 1.29 is 9.13 Å². The van der Waals surface area contributed by atoms with Crippen LogP contribution in [0.5, 0.6) is 0 Å². The molecule has 0 unspecified atom stereocenters. The van der Waals surface area contributed by atoms with E-state index >= 15 is 0 Å². The molecule has 0 bridgehead atoms. The lowest BCUT2D eigenvalue weighted by molar-refractivity contribution is 0.0410. The Hall–Kier alpha value is -2.22. The van der Waals surface area contributed by atoms with E-state index in [-0.39, 0.29) is 5.82 Å². The Morgan fingerprint density at radius 3 is 2.44 bits per heavy atom. The van der Waals surface area contributed by atoms with Crippen molar-refractivity contribution in [2.24, 2.45) is 0 Å². The maximum absolute atomic E-state index is 13.4. The molecule has 27 heavy (non-hydrogen) atoms. The maximum Gasteiger partial charge on any atom is 0.196 e. The first-order valence-electron chi connectivity index (χ1n) is 9.01. The zero-order chi connectivity index (χ0) is 18.5. The molecular weight excluding hydrogens is 363 g/mol. The molecule has 0 atom stereocenters. The van der Waals surface area contributed by atoms with Crippen molar-refractivity contribution in [3.8, 4) is 17.1 Å². The molecule has 140 valence electrons. The van der Waals surface area contributed by atoms with Crippen LogP contribution in [0.15, 0.2) is 59.8 Å². The second-order valence-corrected chi connectivity index (χ2v) is 7.35. The molecule has 1 fully saturated rings. The van der Waals surface area contributed by atoms with Crippen molar-refractivity contribution in [1.29, 1.82) is 0 Å². The van der Waals surface area contributed by atoms with Gasteiger partial charge >= 0.3 is 0 Å². The van der Waals surface area contributed by atoms with Crippen molar-refractivity contribution in [3.05, 3.63) is 60.4 Å². The lowest BCUT2D eigenvalue weighted by atomic mass is 10.2. The van der Waals surface area contributed by atoms with Gasteiger partial charge in [-0.3, -0.25) is 9.47 Å². The van der Waals surface area contributed by atoms with Gasteiger partial charge in [0.2, 0.25) is 0 Å². The normalized spacial score (nSPS) is 15.1. The van der Waals surface area contributed by atoms with Crippen LogP contribution in [0.3, 0.4) is 0 Å². The van der Waals surface area contributed by atoms with Gasteiger partial charge in [-0.2, -0.15) is 0 Å². The van der Waals surface area contributed by atoms with E-state index in [9.17, 15) is 4.39 Å². The van der Waals surface area contributed by atoms with Crippen LogP contribution in [0.4, 0.5) is 4.39 Å². The van der Waals surface area contributed by atoms with Gasteiger partial charge in [0.25, 0.3) is 0 Å². The van der Waals surface area contributed by atoms with Crippen LogP contribution in [0.2, 0.25) is 0 Å². The highest BCUT2D eigenvalue weighted by atomic mass is 32.2. The van der Waals surface area contributed by atoms with Gasteiger partial charge in [-0.1, -0.05) is 42.1 Å². The van der Waals surface area contributed by atoms with Crippen molar-refractivity contribution in [3.63, 3.8) is 0 Å². The second-order valence-electron chi connectivity index (χ2n) is 6.29. The Morgan fingerprint density at radius 2 is 1.70 bits per heavy atom. The average Bonchev–Trinajstić information content (AvgIpc) is 3.14. The first-order valence-corrected chi connectivity index (χ1v) is 9.99. The Morgan fingerprint density at radius 1 is 0.963 bits per heavy atom. The lowest BCUT2D eigenvalue weighted by Gasteiger charge is -2.26. The summed E-state index contributed by atoms with van der Waals surface area (Å²) in [7, 11) is 0. The minimum absolute atomic E-state index is 0.255. The van der Waals surface area contributed by atoms with E-state index in [2.05, 4.69) is 15.1 Å². The van der Waals surface area contributed by atoms with Crippen LogP contribution in [-0.4, -0.2) is 58.3 Å². The van der Waals surface area contributed by atoms with Crippen LogP contribution in [-0.2, 0) is 4.74 Å². The van der Waals surface area contributed by atoms with Crippen molar-refractivity contribution >= 4 is 11.8 Å². The number of thioether (sulfide) groups is 1. The molecule has 1 aliphatic heterocycles. The summed E-state index contributed by atoms with van der Waals surface area (Å²) in [4.78, 5) is 2.40. The van der Waals surface area contributed by atoms with Crippen molar-refractivity contribution in [1.82, 2.24) is 19.7 Å². The summed E-state index contributed by atoms with van der Waals surface area (Å²) in [6.45, 7) is 4.52. The van der Waals surface area contributed by atoms with Crippen LogP contribution < -0.4 is 0 Å². The summed E-state index contributed by atoms with van der Waals surface area (Å²) >= 11 is 1.67. The Bertz CT molecular complexity index is 863. The van der Waals surface area contributed by atoms with E-state index in [1.165, 1.54) is 12.1 Å². The molecule has 3 aromatic rings. The molecule has 0 spiro atoms. The largest absolute Gasteiger partial charge is 0.379 e. The summed E-state index contributed by atoms with van der Waals surface area (Å²) < 4.78 is 20.8. The fourth-order valence-electron chi connectivity index (χ4n) is 3.05. The molecule has 7 heteroatoms. The molecule has 1 saturated heterocycles. The topological polar surface area (TPSA) is 43.2 Å². The molecule has 0 radical (unpaired) electrons. The van der Waals surface area contributed by atoms with Gasteiger partial charge in [0.1, 0.15) is 5.82 Å². The minimum atomic E-state index is -0.255. The quantitative estimate of drug-likeness (QED) is 0.609. The first-order chi connectivity index (χ1) is 13.3. The van der Waals surface area contributed by atoms with Crippen LogP contribution in [0, 0.1) is 5.82 Å². The molecule has 4 rings (SSSR count). The van der Waals surface area contributed by atoms with Gasteiger partial charge < -0.3 is 4.74 Å². The van der Waals surface area contributed by atoms with E-state index in [1.54, 1.807) is 23.9 Å². The molecule has 2 heterocycles. The van der Waals surface area contributed by atoms with Gasteiger partial charge in [-0.15, -0.1) is 10.2 Å². The number of nitrogens with zero attached hydrogens (tertiary/aromatic N) is 4. The van der Waals surface area contributed by atoms with Crippen LogP contribution in [0.1, 0.15) is 0 Å². The van der Waals surface area contributed by atoms with Crippen molar-refractivity contribution in [2.75, 3.05) is 38.6 Å². The molecule has 0 N–H and O–H groups in total. The highest BCUT2D eigenvalue weighted by Crippen LogP contribution is 2.28. The number of benzene rings is 2. The first kappa shape index (κ1) is 18.2. The summed E-state index contributed by atoms with van der Waals surface area (Å²) in [5.74, 6) is 1.42. The third-order valence-electron chi connectivity index (χ3n) is 4.49. The van der Waals surface area contributed by atoms with E-state index in [0.717, 1.165) is 60.8 Å². The van der Waals surface area contributed by atoms with Gasteiger partial charge in [0.05, 0.1) is 13.2 Å². The molecule has 0 aliphatic carbocycles. The zero-order valence-corrected chi connectivity index (χ0v) is 15.7. The average molecular weight is 384 g/mol. The molecule has 0 amide bonds. The molecule has 0 saturated carbocycles.